The molecule has 1 heterocycles. The van der Waals surface area contributed by atoms with E-state index in [0.29, 0.717) is 11.6 Å². The number of carbonyl (C=O) groups excluding carboxylic acids is 1. The van der Waals surface area contributed by atoms with Gasteiger partial charge in [-0.05, 0) is 48.9 Å². The van der Waals surface area contributed by atoms with Crippen molar-refractivity contribution >= 4 is 23.4 Å². The number of thioether (sulfide) groups is 1. The average Bonchev–Trinajstić information content (AvgIpc) is 3.08. The predicted octanol–water partition coefficient (Wildman–Crippen LogP) is 3.83. The Balaban J connectivity index is 1.45. The Morgan fingerprint density at radius 1 is 1.23 bits per heavy atom. The lowest BCUT2D eigenvalue weighted by atomic mass is 10.2. The number of aromatic nitrogens is 2. The van der Waals surface area contributed by atoms with Crippen molar-refractivity contribution in [2.75, 3.05) is 11.1 Å². The van der Waals surface area contributed by atoms with Crippen LogP contribution in [-0.4, -0.2) is 21.9 Å². The first-order valence-electron chi connectivity index (χ1n) is 7.78. The first-order chi connectivity index (χ1) is 12.6. The van der Waals surface area contributed by atoms with Crippen LogP contribution in [0.2, 0.25) is 0 Å². The third kappa shape index (κ3) is 5.32. The molecule has 1 aromatic heterocycles. The van der Waals surface area contributed by atoms with Crippen molar-refractivity contribution in [2.24, 2.45) is 0 Å². The van der Waals surface area contributed by atoms with Crippen LogP contribution in [0.3, 0.4) is 0 Å². The van der Waals surface area contributed by atoms with Crippen LogP contribution in [0, 0.1) is 12.7 Å². The van der Waals surface area contributed by atoms with E-state index in [0.717, 1.165) is 23.1 Å². The van der Waals surface area contributed by atoms with Gasteiger partial charge < -0.3 is 14.5 Å². The quantitative estimate of drug-likeness (QED) is 0.634. The van der Waals surface area contributed by atoms with Crippen LogP contribution in [0.4, 0.5) is 10.1 Å². The van der Waals surface area contributed by atoms with Crippen LogP contribution >= 0.6 is 11.8 Å². The van der Waals surface area contributed by atoms with E-state index >= 15 is 0 Å². The summed E-state index contributed by atoms with van der Waals surface area (Å²) in [4.78, 5) is 11.9. The Morgan fingerprint density at radius 3 is 2.81 bits per heavy atom. The summed E-state index contributed by atoms with van der Waals surface area (Å²) in [5.74, 6) is 0.530. The van der Waals surface area contributed by atoms with E-state index in [-0.39, 0.29) is 29.3 Å². The molecule has 0 fully saturated rings. The lowest BCUT2D eigenvalue weighted by molar-refractivity contribution is -0.113. The molecular formula is C18H16FN3O3S. The molecule has 0 bridgehead atoms. The number of rotatable bonds is 7. The van der Waals surface area contributed by atoms with Crippen molar-refractivity contribution < 1.29 is 18.3 Å². The maximum atomic E-state index is 12.8. The Labute approximate surface area is 153 Å². The first-order valence-corrected chi connectivity index (χ1v) is 8.77. The highest BCUT2D eigenvalue weighted by Crippen LogP contribution is 2.19. The minimum absolute atomic E-state index is 0.0950. The second-order valence-electron chi connectivity index (χ2n) is 5.41. The van der Waals surface area contributed by atoms with Gasteiger partial charge in [-0.3, -0.25) is 4.79 Å². The van der Waals surface area contributed by atoms with Gasteiger partial charge in [0.2, 0.25) is 5.91 Å². The highest BCUT2D eigenvalue weighted by molar-refractivity contribution is 7.99. The summed E-state index contributed by atoms with van der Waals surface area (Å²) in [6.45, 7) is 2.13. The SMILES string of the molecule is Cc1cccc(OCc2nnc(SCC(=O)Nc3ccc(F)cc3)o2)c1. The van der Waals surface area contributed by atoms with E-state index < -0.39 is 0 Å². The van der Waals surface area contributed by atoms with Crippen LogP contribution in [0.1, 0.15) is 11.5 Å². The Kier molecular flexibility index (Phi) is 5.85. The van der Waals surface area contributed by atoms with E-state index in [1.165, 1.54) is 24.3 Å². The number of nitrogens with one attached hydrogen (secondary N) is 1. The Bertz CT molecular complexity index is 883. The number of halogens is 1. The molecule has 1 amide bonds. The number of hydrogen-bond acceptors (Lipinski definition) is 6. The molecule has 0 radical (unpaired) electrons. The topological polar surface area (TPSA) is 77.2 Å². The summed E-state index contributed by atoms with van der Waals surface area (Å²) >= 11 is 1.11. The highest BCUT2D eigenvalue weighted by Gasteiger charge is 2.10. The molecule has 0 spiro atoms. The Morgan fingerprint density at radius 2 is 2.04 bits per heavy atom. The zero-order chi connectivity index (χ0) is 18.4. The van der Waals surface area contributed by atoms with E-state index in [1.54, 1.807) is 0 Å². The van der Waals surface area contributed by atoms with Crippen molar-refractivity contribution in [3.63, 3.8) is 0 Å². The lowest BCUT2D eigenvalue weighted by Crippen LogP contribution is -2.13. The molecule has 2 aromatic carbocycles. The third-order valence-corrected chi connectivity index (χ3v) is 4.07. The van der Waals surface area contributed by atoms with Gasteiger partial charge in [-0.15, -0.1) is 10.2 Å². The van der Waals surface area contributed by atoms with Crippen molar-refractivity contribution in [3.05, 3.63) is 65.8 Å². The number of hydrogen-bond donors (Lipinski definition) is 1. The zero-order valence-corrected chi connectivity index (χ0v) is 14.8. The summed E-state index contributed by atoms with van der Waals surface area (Å²) in [6.07, 6.45) is 0. The van der Waals surface area contributed by atoms with Crippen molar-refractivity contribution in [2.45, 2.75) is 18.8 Å². The van der Waals surface area contributed by atoms with Gasteiger partial charge >= 0.3 is 0 Å². The summed E-state index contributed by atoms with van der Waals surface area (Å²) in [6, 6.07) is 13.2. The molecule has 134 valence electrons. The summed E-state index contributed by atoms with van der Waals surface area (Å²) in [5, 5.41) is 10.7. The number of amides is 1. The fourth-order valence-corrected chi connectivity index (χ4v) is 2.64. The van der Waals surface area contributed by atoms with Gasteiger partial charge in [0.25, 0.3) is 11.1 Å². The molecule has 0 atom stereocenters. The first kappa shape index (κ1) is 17.9. The Hall–Kier alpha value is -2.87. The largest absolute Gasteiger partial charge is 0.484 e. The average molecular weight is 373 g/mol. The monoisotopic (exact) mass is 373 g/mol. The summed E-state index contributed by atoms with van der Waals surface area (Å²) in [7, 11) is 0. The van der Waals surface area contributed by atoms with Crippen molar-refractivity contribution in [1.29, 1.82) is 0 Å². The molecule has 0 aliphatic carbocycles. The van der Waals surface area contributed by atoms with Crippen LogP contribution < -0.4 is 10.1 Å². The van der Waals surface area contributed by atoms with Crippen LogP contribution in [0.25, 0.3) is 0 Å². The molecule has 3 rings (SSSR count). The number of anilines is 1. The number of benzene rings is 2. The molecule has 0 saturated carbocycles. The molecule has 0 aliphatic rings. The van der Waals surface area contributed by atoms with Gasteiger partial charge in [-0.2, -0.15) is 0 Å². The number of aryl methyl sites for hydroxylation is 1. The molecule has 8 heteroatoms. The molecular weight excluding hydrogens is 357 g/mol. The number of ether oxygens (including phenoxy) is 1. The van der Waals surface area contributed by atoms with Crippen LogP contribution in [0.15, 0.2) is 58.2 Å². The molecule has 6 nitrogen and oxygen atoms in total. The fourth-order valence-electron chi connectivity index (χ4n) is 2.06. The van der Waals surface area contributed by atoms with E-state index in [1.807, 2.05) is 31.2 Å². The second kappa shape index (κ2) is 8.48. The standard InChI is InChI=1S/C18H16FN3O3S/c1-12-3-2-4-15(9-12)24-10-17-21-22-18(25-17)26-11-16(23)20-14-7-5-13(19)6-8-14/h2-9H,10-11H2,1H3,(H,20,23). The van der Waals surface area contributed by atoms with E-state index in [2.05, 4.69) is 15.5 Å². The summed E-state index contributed by atoms with van der Waals surface area (Å²) in [5.41, 5.74) is 1.62. The van der Waals surface area contributed by atoms with E-state index in [9.17, 15) is 9.18 Å². The minimum Gasteiger partial charge on any atom is -0.484 e. The zero-order valence-electron chi connectivity index (χ0n) is 13.9. The minimum atomic E-state index is -0.358. The third-order valence-electron chi connectivity index (χ3n) is 3.25. The highest BCUT2D eigenvalue weighted by atomic mass is 32.2. The van der Waals surface area contributed by atoms with Gasteiger partial charge in [0.05, 0.1) is 5.75 Å². The number of nitrogens with zero attached hydrogens (tertiary/aromatic N) is 2. The maximum Gasteiger partial charge on any atom is 0.277 e. The molecule has 0 aliphatic heterocycles. The number of carbonyl (C=O) groups is 1. The van der Waals surface area contributed by atoms with Crippen molar-refractivity contribution in [1.82, 2.24) is 10.2 Å². The molecule has 0 unspecified atom stereocenters. The van der Waals surface area contributed by atoms with Gasteiger partial charge in [0.15, 0.2) is 6.61 Å². The second-order valence-corrected chi connectivity index (χ2v) is 6.34. The normalized spacial score (nSPS) is 10.5. The van der Waals surface area contributed by atoms with Gasteiger partial charge in [-0.1, -0.05) is 23.9 Å². The molecule has 0 saturated heterocycles. The molecule has 3 aromatic rings. The van der Waals surface area contributed by atoms with Crippen LogP contribution in [-0.2, 0) is 11.4 Å². The fraction of sp³-hybridized carbons (Fsp3) is 0.167. The molecule has 26 heavy (non-hydrogen) atoms. The summed E-state index contributed by atoms with van der Waals surface area (Å²) < 4.78 is 23.9. The molecule has 1 N–H and O–H groups in total. The van der Waals surface area contributed by atoms with Gasteiger partial charge in [0.1, 0.15) is 11.6 Å². The van der Waals surface area contributed by atoms with E-state index in [4.69, 9.17) is 9.15 Å². The smallest absolute Gasteiger partial charge is 0.277 e. The van der Waals surface area contributed by atoms with Gasteiger partial charge in [0, 0.05) is 5.69 Å². The van der Waals surface area contributed by atoms with Gasteiger partial charge in [-0.25, -0.2) is 4.39 Å². The lowest BCUT2D eigenvalue weighted by Gasteiger charge is -2.04. The maximum absolute atomic E-state index is 12.8. The predicted molar refractivity (Wildman–Crippen MR) is 95.6 cm³/mol. The van der Waals surface area contributed by atoms with Crippen molar-refractivity contribution in [3.8, 4) is 5.75 Å². The van der Waals surface area contributed by atoms with Crippen LogP contribution in [0.5, 0.6) is 5.75 Å².